The first-order chi connectivity index (χ1) is 9.72. The van der Waals surface area contributed by atoms with Gasteiger partial charge < -0.3 is 9.64 Å². The van der Waals surface area contributed by atoms with Crippen molar-refractivity contribution in [1.29, 1.82) is 0 Å². The van der Waals surface area contributed by atoms with E-state index < -0.39 is 5.38 Å². The van der Waals surface area contributed by atoms with Gasteiger partial charge in [0.15, 0.2) is 0 Å². The van der Waals surface area contributed by atoms with Crippen LogP contribution in [0.25, 0.3) is 0 Å². The van der Waals surface area contributed by atoms with Gasteiger partial charge in [-0.25, -0.2) is 0 Å². The fourth-order valence-corrected chi connectivity index (χ4v) is 2.65. The van der Waals surface area contributed by atoms with E-state index in [0.717, 1.165) is 43.7 Å². The average Bonchev–Trinajstić information content (AvgIpc) is 2.53. The summed E-state index contributed by atoms with van der Waals surface area (Å²) in [6.45, 7) is 4.44. The highest BCUT2D eigenvalue weighted by molar-refractivity contribution is 6.30. The van der Waals surface area contributed by atoms with Gasteiger partial charge in [0.05, 0.1) is 6.61 Å². The summed E-state index contributed by atoms with van der Waals surface area (Å²) < 4.78 is 5.53. The van der Waals surface area contributed by atoms with E-state index in [0.29, 0.717) is 6.61 Å². The monoisotopic (exact) mass is 295 g/mol. The summed E-state index contributed by atoms with van der Waals surface area (Å²) in [5.74, 6) is 0.846. The van der Waals surface area contributed by atoms with Gasteiger partial charge in [0.2, 0.25) is 5.91 Å². The first kappa shape index (κ1) is 15.2. The Hall–Kier alpha value is -1.22. The first-order valence-electron chi connectivity index (χ1n) is 7.38. The number of nitrogens with zero attached hydrogens (tertiary/aromatic N) is 1. The molecule has 20 heavy (non-hydrogen) atoms. The number of benzene rings is 1. The molecule has 1 aromatic rings. The maximum Gasteiger partial charge on any atom is 0.245 e. The van der Waals surface area contributed by atoms with Crippen molar-refractivity contribution in [3.8, 4) is 5.75 Å². The average molecular weight is 296 g/mol. The van der Waals surface area contributed by atoms with Crippen LogP contribution in [0.4, 0.5) is 0 Å². The van der Waals surface area contributed by atoms with Crippen molar-refractivity contribution in [2.45, 2.75) is 38.0 Å². The molecule has 1 aromatic carbocycles. The van der Waals surface area contributed by atoms with Crippen LogP contribution in [0, 0.1) is 0 Å². The van der Waals surface area contributed by atoms with E-state index in [-0.39, 0.29) is 5.91 Å². The number of amides is 1. The third kappa shape index (κ3) is 3.89. The molecule has 1 aliphatic heterocycles. The standard InChI is InChI=1S/C16H22ClNO2/c1-2-12-20-14-8-6-13(7-9-14)15(17)16(19)18-10-4-3-5-11-18/h6-9,15H,2-5,10-12H2,1H3. The molecule has 1 unspecified atom stereocenters. The maximum atomic E-state index is 12.3. The summed E-state index contributed by atoms with van der Waals surface area (Å²) in [6, 6.07) is 7.52. The van der Waals surface area contributed by atoms with E-state index in [1.165, 1.54) is 6.42 Å². The molecular formula is C16H22ClNO2. The molecule has 1 amide bonds. The topological polar surface area (TPSA) is 29.5 Å². The molecule has 0 aromatic heterocycles. The third-order valence-corrected chi connectivity index (χ3v) is 3.97. The largest absolute Gasteiger partial charge is 0.494 e. The van der Waals surface area contributed by atoms with Gasteiger partial charge in [-0.2, -0.15) is 0 Å². The SMILES string of the molecule is CCCOc1ccc(C(Cl)C(=O)N2CCCCC2)cc1. The number of carbonyl (C=O) groups excluding carboxylic acids is 1. The Morgan fingerprint density at radius 3 is 2.50 bits per heavy atom. The molecule has 0 spiro atoms. The molecule has 0 radical (unpaired) electrons. The number of ether oxygens (including phenoxy) is 1. The summed E-state index contributed by atoms with van der Waals surface area (Å²) in [4.78, 5) is 14.2. The van der Waals surface area contributed by atoms with Crippen molar-refractivity contribution in [3.63, 3.8) is 0 Å². The van der Waals surface area contributed by atoms with Crippen molar-refractivity contribution < 1.29 is 9.53 Å². The summed E-state index contributed by atoms with van der Waals surface area (Å²) in [7, 11) is 0. The molecule has 2 rings (SSSR count). The second kappa shape index (κ2) is 7.53. The lowest BCUT2D eigenvalue weighted by Gasteiger charge is -2.28. The van der Waals surface area contributed by atoms with Crippen LogP contribution in [0.5, 0.6) is 5.75 Å². The Morgan fingerprint density at radius 1 is 1.25 bits per heavy atom. The molecule has 1 heterocycles. The molecule has 1 atom stereocenters. The molecule has 1 aliphatic rings. The van der Waals surface area contributed by atoms with Crippen LogP contribution in [0.2, 0.25) is 0 Å². The third-order valence-electron chi connectivity index (χ3n) is 3.53. The van der Waals surface area contributed by atoms with E-state index in [9.17, 15) is 4.79 Å². The fourth-order valence-electron chi connectivity index (χ4n) is 2.37. The highest BCUT2D eigenvalue weighted by atomic mass is 35.5. The minimum absolute atomic E-state index is 0.0218. The Morgan fingerprint density at radius 2 is 1.90 bits per heavy atom. The van der Waals surface area contributed by atoms with Crippen LogP contribution in [0.15, 0.2) is 24.3 Å². The van der Waals surface area contributed by atoms with Gasteiger partial charge in [0, 0.05) is 13.1 Å². The number of hydrogen-bond acceptors (Lipinski definition) is 2. The summed E-state index contributed by atoms with van der Waals surface area (Å²) in [5, 5.41) is -0.590. The second-order valence-corrected chi connectivity index (χ2v) is 5.60. The van der Waals surface area contributed by atoms with E-state index >= 15 is 0 Å². The Balaban J connectivity index is 1.97. The second-order valence-electron chi connectivity index (χ2n) is 5.17. The van der Waals surface area contributed by atoms with Gasteiger partial charge >= 0.3 is 0 Å². The number of hydrogen-bond donors (Lipinski definition) is 0. The summed E-state index contributed by atoms with van der Waals surface area (Å²) in [5.41, 5.74) is 0.839. The zero-order chi connectivity index (χ0) is 14.4. The molecule has 110 valence electrons. The van der Waals surface area contributed by atoms with Crippen molar-refractivity contribution in [2.75, 3.05) is 19.7 Å². The normalized spacial score (nSPS) is 16.8. The molecule has 1 fully saturated rings. The van der Waals surface area contributed by atoms with Crippen LogP contribution in [0.3, 0.4) is 0 Å². The van der Waals surface area contributed by atoms with E-state index in [1.807, 2.05) is 29.2 Å². The highest BCUT2D eigenvalue weighted by Gasteiger charge is 2.24. The Kier molecular flexibility index (Phi) is 5.72. The number of piperidine rings is 1. The van der Waals surface area contributed by atoms with Crippen LogP contribution in [-0.2, 0) is 4.79 Å². The van der Waals surface area contributed by atoms with Crippen LogP contribution in [0.1, 0.15) is 43.5 Å². The maximum absolute atomic E-state index is 12.3. The van der Waals surface area contributed by atoms with Gasteiger partial charge in [-0.15, -0.1) is 11.6 Å². The van der Waals surface area contributed by atoms with Gasteiger partial charge in [-0.1, -0.05) is 19.1 Å². The van der Waals surface area contributed by atoms with Crippen molar-refractivity contribution in [1.82, 2.24) is 4.90 Å². The van der Waals surface area contributed by atoms with E-state index in [2.05, 4.69) is 6.92 Å². The van der Waals surface area contributed by atoms with Gasteiger partial charge in [0.25, 0.3) is 0 Å². The molecule has 0 N–H and O–H groups in total. The quantitative estimate of drug-likeness (QED) is 0.774. The molecule has 3 nitrogen and oxygen atoms in total. The van der Waals surface area contributed by atoms with Crippen molar-refractivity contribution in [2.24, 2.45) is 0 Å². The number of alkyl halides is 1. The van der Waals surface area contributed by atoms with Crippen LogP contribution < -0.4 is 4.74 Å². The predicted molar refractivity (Wildman–Crippen MR) is 81.3 cm³/mol. The van der Waals surface area contributed by atoms with Gasteiger partial charge in [0.1, 0.15) is 11.1 Å². The minimum Gasteiger partial charge on any atom is -0.494 e. The molecular weight excluding hydrogens is 274 g/mol. The van der Waals surface area contributed by atoms with Gasteiger partial charge in [-0.3, -0.25) is 4.79 Å². The van der Waals surface area contributed by atoms with Crippen molar-refractivity contribution >= 4 is 17.5 Å². The number of carbonyl (C=O) groups is 1. The molecule has 0 saturated carbocycles. The number of rotatable bonds is 5. The first-order valence-corrected chi connectivity index (χ1v) is 7.81. The highest BCUT2D eigenvalue weighted by Crippen LogP contribution is 2.26. The molecule has 0 bridgehead atoms. The summed E-state index contributed by atoms with van der Waals surface area (Å²) >= 11 is 6.31. The van der Waals surface area contributed by atoms with Crippen LogP contribution >= 0.6 is 11.6 Å². The summed E-state index contributed by atoms with van der Waals surface area (Å²) in [6.07, 6.45) is 4.35. The minimum atomic E-state index is -0.590. The lowest BCUT2D eigenvalue weighted by molar-refractivity contribution is -0.131. The zero-order valence-corrected chi connectivity index (χ0v) is 12.7. The van der Waals surface area contributed by atoms with Crippen molar-refractivity contribution in [3.05, 3.63) is 29.8 Å². The molecule has 0 aliphatic carbocycles. The number of likely N-dealkylation sites (tertiary alicyclic amines) is 1. The lowest BCUT2D eigenvalue weighted by Crippen LogP contribution is -2.37. The smallest absolute Gasteiger partial charge is 0.245 e. The van der Waals surface area contributed by atoms with E-state index in [4.69, 9.17) is 16.3 Å². The molecule has 1 saturated heterocycles. The van der Waals surface area contributed by atoms with Crippen LogP contribution in [-0.4, -0.2) is 30.5 Å². The molecule has 4 heteroatoms. The number of halogens is 1. The van der Waals surface area contributed by atoms with Gasteiger partial charge in [-0.05, 0) is 43.4 Å². The lowest BCUT2D eigenvalue weighted by atomic mass is 10.1. The van der Waals surface area contributed by atoms with E-state index in [1.54, 1.807) is 0 Å². The Bertz CT molecular complexity index is 427. The zero-order valence-electron chi connectivity index (χ0n) is 12.0. The predicted octanol–water partition coefficient (Wildman–Crippen LogP) is 3.77. The fraction of sp³-hybridized carbons (Fsp3) is 0.562. The Labute approximate surface area is 125 Å².